The van der Waals surface area contributed by atoms with Gasteiger partial charge in [0.05, 0.1) is 7.11 Å². The summed E-state index contributed by atoms with van der Waals surface area (Å²) in [6.45, 7) is 2.48. The smallest absolute Gasteiger partial charge is 0.289 e. The minimum Gasteiger partial charge on any atom is -0.497 e. The Bertz CT molecular complexity index is 1040. The maximum absolute atomic E-state index is 13.7. The minimum atomic E-state index is -0.794. The summed E-state index contributed by atoms with van der Waals surface area (Å²) in [4.78, 5) is 16.7. The Kier molecular flexibility index (Phi) is 6.06. The second-order valence-corrected chi connectivity index (χ2v) is 7.11. The molecular weight excluding hydrogens is 406 g/mol. The largest absolute Gasteiger partial charge is 0.497 e. The van der Waals surface area contributed by atoms with Gasteiger partial charge in [-0.3, -0.25) is 4.79 Å². The third-order valence-electron chi connectivity index (χ3n) is 5.14. The normalized spacial score (nSPS) is 13.9. The van der Waals surface area contributed by atoms with Crippen molar-refractivity contribution in [2.75, 3.05) is 38.2 Å². The topological polar surface area (TPSA) is 55.2 Å². The molecule has 1 amide bonds. The molecular formula is C23H22F2N2O4. The van der Waals surface area contributed by atoms with E-state index in [0.29, 0.717) is 31.9 Å². The lowest BCUT2D eigenvalue weighted by molar-refractivity contribution is 0.0710. The van der Waals surface area contributed by atoms with Gasteiger partial charge in [-0.05, 0) is 48.5 Å². The van der Waals surface area contributed by atoms with Gasteiger partial charge in [0, 0.05) is 37.9 Å². The molecule has 4 rings (SSSR count). The molecule has 1 fully saturated rings. The van der Waals surface area contributed by atoms with Crippen molar-refractivity contribution in [1.82, 2.24) is 4.90 Å². The standard InChI is InChI=1S/C23H22F2N2O4/c1-29-18-5-3-17(4-6-18)26-10-12-27(13-11-26)23(28)22-9-7-19(31-22)15-30-21-8-2-16(24)14-20(21)25/h2-9,14H,10-13,15H2,1H3. The van der Waals surface area contributed by atoms with E-state index < -0.39 is 11.6 Å². The van der Waals surface area contributed by atoms with Crippen molar-refractivity contribution in [3.05, 3.63) is 77.8 Å². The number of ether oxygens (including phenoxy) is 2. The van der Waals surface area contributed by atoms with Crippen LogP contribution in [0.4, 0.5) is 14.5 Å². The van der Waals surface area contributed by atoms with Crippen molar-refractivity contribution in [1.29, 1.82) is 0 Å². The molecule has 0 bridgehead atoms. The fourth-order valence-corrected chi connectivity index (χ4v) is 3.43. The van der Waals surface area contributed by atoms with Crippen molar-refractivity contribution in [2.45, 2.75) is 6.61 Å². The number of carbonyl (C=O) groups is 1. The Morgan fingerprint density at radius 2 is 1.74 bits per heavy atom. The van der Waals surface area contributed by atoms with Crippen LogP contribution in [0, 0.1) is 11.6 Å². The molecule has 0 N–H and O–H groups in total. The molecule has 0 radical (unpaired) electrons. The van der Waals surface area contributed by atoms with Crippen LogP contribution < -0.4 is 14.4 Å². The molecule has 1 aliphatic heterocycles. The van der Waals surface area contributed by atoms with E-state index in [4.69, 9.17) is 13.9 Å². The zero-order valence-electron chi connectivity index (χ0n) is 17.0. The van der Waals surface area contributed by atoms with Gasteiger partial charge in [0.2, 0.25) is 0 Å². The highest BCUT2D eigenvalue weighted by Crippen LogP contribution is 2.22. The van der Waals surface area contributed by atoms with Crippen LogP contribution in [0.2, 0.25) is 0 Å². The number of benzene rings is 2. The van der Waals surface area contributed by atoms with E-state index >= 15 is 0 Å². The first-order chi connectivity index (χ1) is 15.0. The number of hydrogen-bond donors (Lipinski definition) is 0. The third-order valence-corrected chi connectivity index (χ3v) is 5.14. The molecule has 1 saturated heterocycles. The number of piperazine rings is 1. The van der Waals surface area contributed by atoms with E-state index in [9.17, 15) is 13.6 Å². The highest BCUT2D eigenvalue weighted by Gasteiger charge is 2.24. The van der Waals surface area contributed by atoms with Gasteiger partial charge in [-0.15, -0.1) is 0 Å². The second kappa shape index (κ2) is 9.07. The summed E-state index contributed by atoms with van der Waals surface area (Å²) in [6.07, 6.45) is 0. The highest BCUT2D eigenvalue weighted by atomic mass is 19.1. The Morgan fingerprint density at radius 1 is 1.00 bits per heavy atom. The fraction of sp³-hybridized carbons (Fsp3) is 0.261. The molecule has 6 nitrogen and oxygen atoms in total. The number of amides is 1. The number of rotatable bonds is 6. The van der Waals surface area contributed by atoms with Gasteiger partial charge in [-0.2, -0.15) is 0 Å². The SMILES string of the molecule is COc1ccc(N2CCN(C(=O)c3ccc(COc4ccc(F)cc4F)o3)CC2)cc1. The van der Waals surface area contributed by atoms with Crippen LogP contribution in [0.3, 0.4) is 0 Å². The van der Waals surface area contributed by atoms with E-state index in [1.807, 2.05) is 24.3 Å². The maximum Gasteiger partial charge on any atom is 0.289 e. The first-order valence-electron chi connectivity index (χ1n) is 9.88. The first kappa shape index (κ1) is 20.7. The molecule has 0 atom stereocenters. The molecule has 1 aliphatic rings. The summed E-state index contributed by atoms with van der Waals surface area (Å²) in [7, 11) is 1.63. The van der Waals surface area contributed by atoms with Crippen LogP contribution in [0.5, 0.6) is 11.5 Å². The zero-order valence-corrected chi connectivity index (χ0v) is 17.0. The molecule has 2 heterocycles. The van der Waals surface area contributed by atoms with E-state index in [2.05, 4.69) is 4.90 Å². The summed E-state index contributed by atoms with van der Waals surface area (Å²) in [6, 6.07) is 14.1. The van der Waals surface area contributed by atoms with Crippen molar-refractivity contribution in [2.24, 2.45) is 0 Å². The molecule has 162 valence electrons. The summed E-state index contributed by atoms with van der Waals surface area (Å²) >= 11 is 0. The molecule has 1 aromatic heterocycles. The molecule has 3 aromatic rings. The molecule has 0 spiro atoms. The summed E-state index contributed by atoms with van der Waals surface area (Å²) < 4.78 is 42.7. The summed E-state index contributed by atoms with van der Waals surface area (Å²) in [5.74, 6) is -0.369. The molecule has 31 heavy (non-hydrogen) atoms. The average Bonchev–Trinajstić information content (AvgIpc) is 3.27. The number of anilines is 1. The van der Waals surface area contributed by atoms with Gasteiger partial charge in [0.1, 0.15) is 23.9 Å². The molecule has 0 saturated carbocycles. The van der Waals surface area contributed by atoms with Crippen molar-refractivity contribution in [3.8, 4) is 11.5 Å². The predicted octanol–water partition coefficient (Wildman–Crippen LogP) is 4.11. The van der Waals surface area contributed by atoms with Gasteiger partial charge >= 0.3 is 0 Å². The van der Waals surface area contributed by atoms with Crippen LogP contribution in [0.25, 0.3) is 0 Å². The highest BCUT2D eigenvalue weighted by molar-refractivity contribution is 5.91. The van der Waals surface area contributed by atoms with E-state index in [0.717, 1.165) is 23.6 Å². The van der Waals surface area contributed by atoms with Gasteiger partial charge in [0.15, 0.2) is 17.3 Å². The number of halogens is 2. The monoisotopic (exact) mass is 428 g/mol. The van der Waals surface area contributed by atoms with Crippen LogP contribution in [-0.2, 0) is 6.61 Å². The van der Waals surface area contributed by atoms with Gasteiger partial charge in [-0.1, -0.05) is 0 Å². The lowest BCUT2D eigenvalue weighted by atomic mass is 10.2. The van der Waals surface area contributed by atoms with Gasteiger partial charge < -0.3 is 23.7 Å². The Labute approximate surface area is 178 Å². The number of carbonyl (C=O) groups excluding carboxylic acids is 1. The molecule has 8 heteroatoms. The first-order valence-corrected chi connectivity index (χ1v) is 9.88. The van der Waals surface area contributed by atoms with Gasteiger partial charge in [-0.25, -0.2) is 8.78 Å². The second-order valence-electron chi connectivity index (χ2n) is 7.11. The number of hydrogen-bond acceptors (Lipinski definition) is 5. The predicted molar refractivity (Wildman–Crippen MR) is 111 cm³/mol. The van der Waals surface area contributed by atoms with Gasteiger partial charge in [0.25, 0.3) is 5.91 Å². The lowest BCUT2D eigenvalue weighted by Gasteiger charge is -2.35. The van der Waals surface area contributed by atoms with E-state index in [1.54, 1.807) is 24.1 Å². The molecule has 0 aliphatic carbocycles. The zero-order chi connectivity index (χ0) is 21.8. The van der Waals surface area contributed by atoms with Crippen molar-refractivity contribution in [3.63, 3.8) is 0 Å². The Hall–Kier alpha value is -3.55. The Morgan fingerprint density at radius 3 is 2.42 bits per heavy atom. The summed E-state index contributed by atoms with van der Waals surface area (Å²) in [5, 5.41) is 0. The minimum absolute atomic E-state index is 0.0684. The van der Waals surface area contributed by atoms with Crippen molar-refractivity contribution >= 4 is 11.6 Å². The third kappa shape index (κ3) is 4.79. The van der Waals surface area contributed by atoms with Crippen LogP contribution in [0.1, 0.15) is 16.3 Å². The quantitative estimate of drug-likeness (QED) is 0.592. The van der Waals surface area contributed by atoms with Crippen molar-refractivity contribution < 1.29 is 27.5 Å². The maximum atomic E-state index is 13.7. The van der Waals surface area contributed by atoms with E-state index in [-0.39, 0.29) is 24.0 Å². The Balaban J connectivity index is 1.31. The lowest BCUT2D eigenvalue weighted by Crippen LogP contribution is -2.48. The number of nitrogens with zero attached hydrogens (tertiary/aromatic N) is 2. The number of furan rings is 1. The van der Waals surface area contributed by atoms with Crippen LogP contribution >= 0.6 is 0 Å². The fourth-order valence-electron chi connectivity index (χ4n) is 3.43. The molecule has 2 aromatic carbocycles. The average molecular weight is 428 g/mol. The summed E-state index contributed by atoms with van der Waals surface area (Å²) in [5.41, 5.74) is 1.08. The number of methoxy groups -OCH3 is 1. The van der Waals surface area contributed by atoms with E-state index in [1.165, 1.54) is 6.07 Å². The van der Waals surface area contributed by atoms with Crippen LogP contribution in [0.15, 0.2) is 59.0 Å². The molecule has 0 unspecified atom stereocenters. The van der Waals surface area contributed by atoms with Crippen LogP contribution in [-0.4, -0.2) is 44.1 Å².